The third-order valence-corrected chi connectivity index (χ3v) is 7.11. The average molecular weight is 457 g/mol. The highest BCUT2D eigenvalue weighted by atomic mass is 19.1. The Bertz CT molecular complexity index is 1360. The zero-order chi connectivity index (χ0) is 23.6. The number of halogens is 1. The number of phenolic OH excluding ortho intramolecular Hbond substituents is 1. The van der Waals surface area contributed by atoms with Gasteiger partial charge in [0.15, 0.2) is 0 Å². The number of benzene rings is 3. The first kappa shape index (κ1) is 20.6. The van der Waals surface area contributed by atoms with Gasteiger partial charge < -0.3 is 10.4 Å². The molecule has 1 spiro atoms. The van der Waals surface area contributed by atoms with Crippen molar-refractivity contribution in [1.82, 2.24) is 5.32 Å². The van der Waals surface area contributed by atoms with Gasteiger partial charge in [0.1, 0.15) is 17.1 Å². The molecule has 3 aromatic rings. The highest BCUT2D eigenvalue weighted by Crippen LogP contribution is 2.54. The van der Waals surface area contributed by atoms with Gasteiger partial charge in [-0.15, -0.1) is 0 Å². The molecule has 34 heavy (non-hydrogen) atoms. The number of para-hydroxylation sites is 2. The Kier molecular flexibility index (Phi) is 4.37. The molecule has 0 radical (unpaired) electrons. The fourth-order valence-corrected chi connectivity index (χ4v) is 5.69. The van der Waals surface area contributed by atoms with Crippen LogP contribution in [0.15, 0.2) is 72.8 Å². The van der Waals surface area contributed by atoms with E-state index in [1.165, 1.54) is 18.2 Å². The van der Waals surface area contributed by atoms with Crippen molar-refractivity contribution in [2.45, 2.75) is 18.0 Å². The van der Waals surface area contributed by atoms with Gasteiger partial charge in [0, 0.05) is 17.3 Å². The zero-order valence-electron chi connectivity index (χ0n) is 17.9. The van der Waals surface area contributed by atoms with Crippen molar-refractivity contribution < 1.29 is 23.9 Å². The van der Waals surface area contributed by atoms with Gasteiger partial charge in [-0.1, -0.05) is 42.5 Å². The van der Waals surface area contributed by atoms with Crippen LogP contribution in [0.1, 0.15) is 11.1 Å². The van der Waals surface area contributed by atoms with Crippen molar-refractivity contribution in [3.8, 4) is 5.75 Å². The van der Waals surface area contributed by atoms with Crippen molar-refractivity contribution in [2.24, 2.45) is 11.8 Å². The minimum atomic E-state index is -1.45. The molecule has 0 aliphatic carbocycles. The average Bonchev–Trinajstić information content (AvgIpc) is 3.41. The van der Waals surface area contributed by atoms with E-state index in [0.717, 1.165) is 10.5 Å². The fraction of sp³-hybridized carbons (Fsp3) is 0.192. The standard InChI is InChI=1S/C26H20FN3O4/c27-17-6-2-4-8-20(17)30-23(32)21-19(13-14-9-11-15(31)12-10-14)29-26(22(21)24(30)33)16-5-1-3-7-18(16)28-25(26)34/h1-12,19,21-22,29,31H,13H2,(H,28,34)/t19-,21+,22-,26-/m0/s1. The molecule has 3 N–H and O–H groups in total. The van der Waals surface area contributed by atoms with Crippen LogP contribution in [0.3, 0.4) is 0 Å². The number of fused-ring (bicyclic) bond motifs is 4. The molecule has 2 fully saturated rings. The largest absolute Gasteiger partial charge is 0.508 e. The van der Waals surface area contributed by atoms with Crippen LogP contribution < -0.4 is 15.5 Å². The van der Waals surface area contributed by atoms with E-state index in [1.54, 1.807) is 54.6 Å². The maximum absolute atomic E-state index is 14.7. The lowest BCUT2D eigenvalue weighted by atomic mass is 9.76. The number of rotatable bonds is 3. The molecule has 8 heteroatoms. The third kappa shape index (κ3) is 2.69. The molecular formula is C26H20FN3O4. The number of imide groups is 1. The summed E-state index contributed by atoms with van der Waals surface area (Å²) < 4.78 is 14.7. The number of amides is 3. The number of anilines is 2. The van der Waals surface area contributed by atoms with Crippen LogP contribution in [-0.4, -0.2) is 28.9 Å². The second-order valence-corrected chi connectivity index (χ2v) is 8.90. The Balaban J connectivity index is 1.50. The number of nitrogens with one attached hydrogen (secondary N) is 2. The highest BCUT2D eigenvalue weighted by molar-refractivity contribution is 6.25. The predicted molar refractivity (Wildman–Crippen MR) is 121 cm³/mol. The van der Waals surface area contributed by atoms with Crippen LogP contribution in [-0.2, 0) is 26.3 Å². The van der Waals surface area contributed by atoms with Gasteiger partial charge in [-0.05, 0) is 42.3 Å². The number of carbonyl (C=O) groups is 3. The Morgan fingerprint density at radius 1 is 0.912 bits per heavy atom. The van der Waals surface area contributed by atoms with Crippen molar-refractivity contribution in [3.63, 3.8) is 0 Å². The minimum Gasteiger partial charge on any atom is -0.508 e. The van der Waals surface area contributed by atoms with E-state index in [0.29, 0.717) is 17.7 Å². The van der Waals surface area contributed by atoms with E-state index < -0.39 is 47.0 Å². The Morgan fingerprint density at radius 3 is 2.38 bits per heavy atom. The molecule has 0 bridgehead atoms. The Morgan fingerprint density at radius 2 is 1.62 bits per heavy atom. The molecule has 2 saturated heterocycles. The summed E-state index contributed by atoms with van der Waals surface area (Å²) in [6.45, 7) is 0. The van der Waals surface area contributed by atoms with Gasteiger partial charge in [0.05, 0.1) is 17.5 Å². The molecule has 0 aromatic heterocycles. The summed E-state index contributed by atoms with van der Waals surface area (Å²) in [5, 5.41) is 15.8. The molecule has 4 atom stereocenters. The van der Waals surface area contributed by atoms with E-state index in [-0.39, 0.29) is 11.4 Å². The van der Waals surface area contributed by atoms with E-state index in [9.17, 15) is 23.9 Å². The van der Waals surface area contributed by atoms with Crippen molar-refractivity contribution in [1.29, 1.82) is 0 Å². The second-order valence-electron chi connectivity index (χ2n) is 8.90. The lowest BCUT2D eigenvalue weighted by Crippen LogP contribution is -2.53. The fourth-order valence-electron chi connectivity index (χ4n) is 5.69. The lowest BCUT2D eigenvalue weighted by Gasteiger charge is -2.29. The van der Waals surface area contributed by atoms with Crippen LogP contribution >= 0.6 is 0 Å². The van der Waals surface area contributed by atoms with Crippen LogP contribution in [0.4, 0.5) is 15.8 Å². The minimum absolute atomic E-state index is 0.111. The molecular weight excluding hydrogens is 437 g/mol. The third-order valence-electron chi connectivity index (χ3n) is 7.11. The number of hydrogen-bond donors (Lipinski definition) is 3. The van der Waals surface area contributed by atoms with Crippen LogP contribution in [0.5, 0.6) is 5.75 Å². The van der Waals surface area contributed by atoms with Gasteiger partial charge in [0.25, 0.3) is 0 Å². The van der Waals surface area contributed by atoms with Gasteiger partial charge in [-0.3, -0.25) is 19.7 Å². The highest BCUT2D eigenvalue weighted by Gasteiger charge is 2.70. The molecule has 3 heterocycles. The first-order chi connectivity index (χ1) is 16.4. The predicted octanol–water partition coefficient (Wildman–Crippen LogP) is 2.70. The summed E-state index contributed by atoms with van der Waals surface area (Å²) in [6.07, 6.45) is 0.336. The van der Waals surface area contributed by atoms with E-state index in [4.69, 9.17) is 0 Å². The maximum Gasteiger partial charge on any atom is 0.250 e. The molecule has 170 valence electrons. The van der Waals surface area contributed by atoms with Crippen LogP contribution in [0.25, 0.3) is 0 Å². The van der Waals surface area contributed by atoms with Gasteiger partial charge in [0.2, 0.25) is 17.7 Å². The first-order valence-electron chi connectivity index (χ1n) is 11.0. The molecule has 3 aliphatic rings. The molecule has 7 nitrogen and oxygen atoms in total. The summed E-state index contributed by atoms with van der Waals surface area (Å²) in [6, 6.07) is 18.7. The Hall–Kier alpha value is -4.04. The SMILES string of the molecule is O=C1[C@@H]2[C@H](Cc3ccc(O)cc3)N[C@]3(C(=O)Nc4ccccc43)[C@@H]2C(=O)N1c1ccccc1F. The summed E-state index contributed by atoms with van der Waals surface area (Å²) in [5.74, 6) is -4.04. The molecule has 0 saturated carbocycles. The van der Waals surface area contributed by atoms with Crippen molar-refractivity contribution >= 4 is 29.1 Å². The van der Waals surface area contributed by atoms with E-state index >= 15 is 0 Å². The molecule has 0 unspecified atom stereocenters. The summed E-state index contributed by atoms with van der Waals surface area (Å²) in [5.41, 5.74) is 0.433. The van der Waals surface area contributed by atoms with Crippen molar-refractivity contribution in [2.75, 3.05) is 10.2 Å². The monoisotopic (exact) mass is 457 g/mol. The number of nitrogens with zero attached hydrogens (tertiary/aromatic N) is 1. The van der Waals surface area contributed by atoms with E-state index in [2.05, 4.69) is 10.6 Å². The molecule has 3 aliphatic heterocycles. The lowest BCUT2D eigenvalue weighted by molar-refractivity contribution is -0.130. The molecule has 3 amide bonds. The second kappa shape index (κ2) is 7.23. The number of hydrogen-bond acceptors (Lipinski definition) is 5. The van der Waals surface area contributed by atoms with Gasteiger partial charge >= 0.3 is 0 Å². The first-order valence-corrected chi connectivity index (χ1v) is 11.0. The maximum atomic E-state index is 14.7. The van der Waals surface area contributed by atoms with Crippen LogP contribution in [0.2, 0.25) is 0 Å². The number of phenols is 1. The number of carbonyl (C=O) groups excluding carboxylic acids is 3. The summed E-state index contributed by atoms with van der Waals surface area (Å²) in [7, 11) is 0. The summed E-state index contributed by atoms with van der Waals surface area (Å²) >= 11 is 0. The van der Waals surface area contributed by atoms with Crippen molar-refractivity contribution in [3.05, 3.63) is 89.7 Å². The van der Waals surface area contributed by atoms with Gasteiger partial charge in [-0.2, -0.15) is 0 Å². The summed E-state index contributed by atoms with van der Waals surface area (Å²) in [4.78, 5) is 41.8. The molecule has 3 aromatic carbocycles. The van der Waals surface area contributed by atoms with Crippen LogP contribution in [0, 0.1) is 17.7 Å². The zero-order valence-corrected chi connectivity index (χ0v) is 17.9. The van der Waals surface area contributed by atoms with E-state index in [1.807, 2.05) is 0 Å². The smallest absolute Gasteiger partial charge is 0.250 e. The van der Waals surface area contributed by atoms with Gasteiger partial charge in [-0.25, -0.2) is 9.29 Å². The quantitative estimate of drug-likeness (QED) is 0.526. The topological polar surface area (TPSA) is 98.7 Å². The number of aromatic hydroxyl groups is 1. The Labute approximate surface area is 194 Å². The molecule has 6 rings (SSSR count). The normalized spacial score (nSPS) is 27.3.